The van der Waals surface area contributed by atoms with Crippen molar-refractivity contribution >= 4 is 5.91 Å². The molecule has 1 aliphatic heterocycles. The molecule has 0 saturated carbocycles. The zero-order valence-corrected chi connectivity index (χ0v) is 17.9. The van der Waals surface area contributed by atoms with Crippen LogP contribution in [0.2, 0.25) is 0 Å². The van der Waals surface area contributed by atoms with Gasteiger partial charge in [-0.1, -0.05) is 50.2 Å². The van der Waals surface area contributed by atoms with Crippen molar-refractivity contribution in [2.24, 2.45) is 5.92 Å². The van der Waals surface area contributed by atoms with E-state index in [1.807, 2.05) is 30.3 Å². The molecule has 0 radical (unpaired) electrons. The van der Waals surface area contributed by atoms with Crippen LogP contribution in [0, 0.1) is 17.2 Å². The van der Waals surface area contributed by atoms with Crippen molar-refractivity contribution in [3.05, 3.63) is 54.1 Å². The second-order valence-electron chi connectivity index (χ2n) is 8.24. The summed E-state index contributed by atoms with van der Waals surface area (Å²) in [6, 6.07) is 18.3. The maximum Gasteiger partial charge on any atom is 0.228 e. The first-order valence-corrected chi connectivity index (χ1v) is 10.8. The fourth-order valence-electron chi connectivity index (χ4n) is 3.93. The zero-order valence-electron chi connectivity index (χ0n) is 17.9. The second-order valence-corrected chi connectivity index (χ2v) is 8.24. The number of amides is 1. The fourth-order valence-corrected chi connectivity index (χ4v) is 3.93. The Hall–Kier alpha value is -2.84. The fraction of sp³-hybridized carbons (Fsp3) is 0.440. The minimum Gasteiger partial charge on any atom is -0.490 e. The molecule has 30 heavy (non-hydrogen) atoms. The molecule has 0 spiro atoms. The number of nitrogens with one attached hydrogen (secondary N) is 2. The Bertz CT molecular complexity index is 868. The number of nitriles is 1. The predicted molar refractivity (Wildman–Crippen MR) is 119 cm³/mol. The SMILES string of the molecule is CC(C)CC(C(=O)NCC#N)c1cc(-c2ccccc2)ccc1OC1CCNCC1. The first kappa shape index (κ1) is 21.9. The van der Waals surface area contributed by atoms with Crippen molar-refractivity contribution < 1.29 is 9.53 Å². The Morgan fingerprint density at radius 2 is 1.90 bits per heavy atom. The molecule has 1 aliphatic rings. The highest BCUT2D eigenvalue weighted by atomic mass is 16.5. The van der Waals surface area contributed by atoms with E-state index in [2.05, 4.69) is 48.7 Å². The lowest BCUT2D eigenvalue weighted by Crippen LogP contribution is -2.35. The van der Waals surface area contributed by atoms with Crippen LogP contribution in [0.3, 0.4) is 0 Å². The maximum atomic E-state index is 13.0. The van der Waals surface area contributed by atoms with Gasteiger partial charge in [0.1, 0.15) is 18.4 Å². The van der Waals surface area contributed by atoms with E-state index in [0.29, 0.717) is 12.3 Å². The standard InChI is InChI=1S/C25H31N3O2/c1-18(2)16-23(25(29)28-15-12-26)22-17-20(19-6-4-3-5-7-19)8-9-24(22)30-21-10-13-27-14-11-21/h3-9,17-18,21,23,27H,10-11,13-16H2,1-2H3,(H,28,29). The van der Waals surface area contributed by atoms with Crippen LogP contribution in [0.25, 0.3) is 11.1 Å². The minimum absolute atomic E-state index is 0.0102. The maximum absolute atomic E-state index is 13.0. The number of hydrogen-bond acceptors (Lipinski definition) is 4. The summed E-state index contributed by atoms with van der Waals surface area (Å²) in [5.41, 5.74) is 3.07. The van der Waals surface area contributed by atoms with Crippen LogP contribution in [-0.4, -0.2) is 31.6 Å². The van der Waals surface area contributed by atoms with Crippen LogP contribution in [-0.2, 0) is 4.79 Å². The Morgan fingerprint density at radius 3 is 2.57 bits per heavy atom. The zero-order chi connectivity index (χ0) is 21.3. The molecule has 1 amide bonds. The van der Waals surface area contributed by atoms with Gasteiger partial charge in [-0.3, -0.25) is 4.79 Å². The smallest absolute Gasteiger partial charge is 0.228 e. The van der Waals surface area contributed by atoms with Crippen LogP contribution in [0.1, 0.15) is 44.6 Å². The van der Waals surface area contributed by atoms with Gasteiger partial charge in [-0.05, 0) is 61.5 Å². The molecule has 1 heterocycles. The van der Waals surface area contributed by atoms with E-state index in [4.69, 9.17) is 10.00 Å². The summed E-state index contributed by atoms with van der Waals surface area (Å²) in [5.74, 6) is 0.624. The van der Waals surface area contributed by atoms with Crippen molar-refractivity contribution in [3.63, 3.8) is 0 Å². The van der Waals surface area contributed by atoms with Gasteiger partial charge in [-0.15, -0.1) is 0 Å². The third kappa shape index (κ3) is 5.84. The highest BCUT2D eigenvalue weighted by molar-refractivity contribution is 5.85. The molecule has 1 atom stereocenters. The van der Waals surface area contributed by atoms with E-state index < -0.39 is 0 Å². The van der Waals surface area contributed by atoms with Crippen LogP contribution < -0.4 is 15.4 Å². The lowest BCUT2D eigenvalue weighted by Gasteiger charge is -2.27. The third-order valence-electron chi connectivity index (χ3n) is 5.44. The summed E-state index contributed by atoms with van der Waals surface area (Å²) < 4.78 is 6.41. The number of ether oxygens (including phenoxy) is 1. The Balaban J connectivity index is 2.00. The average Bonchev–Trinajstić information content (AvgIpc) is 2.77. The number of carbonyl (C=O) groups excluding carboxylic acids is 1. The first-order chi connectivity index (χ1) is 14.6. The molecule has 158 valence electrons. The average molecular weight is 406 g/mol. The molecular formula is C25H31N3O2. The van der Waals surface area contributed by atoms with Gasteiger partial charge in [0.05, 0.1) is 12.0 Å². The van der Waals surface area contributed by atoms with Crippen LogP contribution in [0.4, 0.5) is 0 Å². The van der Waals surface area contributed by atoms with E-state index in [1.54, 1.807) is 0 Å². The van der Waals surface area contributed by atoms with Crippen molar-refractivity contribution in [2.45, 2.75) is 45.1 Å². The lowest BCUT2D eigenvalue weighted by molar-refractivity contribution is -0.122. The van der Waals surface area contributed by atoms with Crippen LogP contribution in [0.5, 0.6) is 5.75 Å². The molecule has 2 N–H and O–H groups in total. The third-order valence-corrected chi connectivity index (χ3v) is 5.44. The molecule has 1 saturated heterocycles. The lowest BCUT2D eigenvalue weighted by atomic mass is 9.87. The van der Waals surface area contributed by atoms with Gasteiger partial charge in [-0.2, -0.15) is 5.26 Å². The Labute approximate surface area is 179 Å². The molecule has 0 aromatic heterocycles. The molecule has 1 fully saturated rings. The summed E-state index contributed by atoms with van der Waals surface area (Å²) in [6.07, 6.45) is 2.75. The number of rotatable bonds is 8. The predicted octanol–water partition coefficient (Wildman–Crippen LogP) is 4.25. The number of nitrogens with zero attached hydrogens (tertiary/aromatic N) is 1. The Morgan fingerprint density at radius 1 is 1.17 bits per heavy atom. The first-order valence-electron chi connectivity index (χ1n) is 10.8. The number of piperidine rings is 1. The normalized spacial score (nSPS) is 15.4. The Kier molecular flexibility index (Phi) is 7.87. The largest absolute Gasteiger partial charge is 0.490 e. The molecule has 5 nitrogen and oxygen atoms in total. The molecular weight excluding hydrogens is 374 g/mol. The monoisotopic (exact) mass is 405 g/mol. The molecule has 2 aromatic rings. The van der Waals surface area contributed by atoms with E-state index in [0.717, 1.165) is 48.4 Å². The summed E-state index contributed by atoms with van der Waals surface area (Å²) in [7, 11) is 0. The van der Waals surface area contributed by atoms with E-state index in [-0.39, 0.29) is 24.5 Å². The summed E-state index contributed by atoms with van der Waals surface area (Å²) >= 11 is 0. The molecule has 1 unspecified atom stereocenters. The van der Waals surface area contributed by atoms with E-state index in [9.17, 15) is 4.79 Å². The molecule has 5 heteroatoms. The highest BCUT2D eigenvalue weighted by Crippen LogP contribution is 2.36. The number of carbonyl (C=O) groups is 1. The van der Waals surface area contributed by atoms with Gasteiger partial charge in [0.2, 0.25) is 5.91 Å². The van der Waals surface area contributed by atoms with Crippen molar-refractivity contribution in [1.29, 1.82) is 5.26 Å². The van der Waals surface area contributed by atoms with Gasteiger partial charge in [0, 0.05) is 5.56 Å². The van der Waals surface area contributed by atoms with E-state index in [1.165, 1.54) is 0 Å². The molecule has 0 aliphatic carbocycles. The van der Waals surface area contributed by atoms with Crippen LogP contribution in [0.15, 0.2) is 48.5 Å². The molecule has 3 rings (SSSR count). The summed E-state index contributed by atoms with van der Waals surface area (Å²) in [4.78, 5) is 13.0. The highest BCUT2D eigenvalue weighted by Gasteiger charge is 2.27. The number of hydrogen-bond donors (Lipinski definition) is 2. The molecule has 0 bridgehead atoms. The number of benzene rings is 2. The summed E-state index contributed by atoms with van der Waals surface area (Å²) in [6.45, 7) is 6.12. The van der Waals surface area contributed by atoms with Gasteiger partial charge < -0.3 is 15.4 Å². The van der Waals surface area contributed by atoms with Crippen molar-refractivity contribution in [2.75, 3.05) is 19.6 Å². The molecule has 2 aromatic carbocycles. The van der Waals surface area contributed by atoms with E-state index >= 15 is 0 Å². The summed E-state index contributed by atoms with van der Waals surface area (Å²) in [5, 5.41) is 15.0. The van der Waals surface area contributed by atoms with Gasteiger partial charge in [-0.25, -0.2) is 0 Å². The van der Waals surface area contributed by atoms with Crippen LogP contribution >= 0.6 is 0 Å². The van der Waals surface area contributed by atoms with Crippen molar-refractivity contribution in [1.82, 2.24) is 10.6 Å². The topological polar surface area (TPSA) is 74.2 Å². The van der Waals surface area contributed by atoms with Gasteiger partial charge in [0.25, 0.3) is 0 Å². The van der Waals surface area contributed by atoms with Gasteiger partial charge in [0.15, 0.2) is 0 Å². The quantitative estimate of drug-likeness (QED) is 0.644. The van der Waals surface area contributed by atoms with Gasteiger partial charge >= 0.3 is 0 Å². The van der Waals surface area contributed by atoms with Crippen molar-refractivity contribution in [3.8, 4) is 22.9 Å². The minimum atomic E-state index is -0.362. The second kappa shape index (κ2) is 10.8.